The first kappa shape index (κ1) is 26.4. The minimum Gasteiger partial charge on any atom is -0.494 e. The molecule has 0 saturated carbocycles. The number of likely N-dealkylation sites (tertiary alicyclic amines) is 1. The second kappa shape index (κ2) is 10.4. The molecule has 4 rings (SSSR count). The molecule has 3 aliphatic rings. The molecule has 0 radical (unpaired) electrons. The Morgan fingerprint density at radius 2 is 1.94 bits per heavy atom. The molecule has 9 nitrogen and oxygen atoms in total. The summed E-state index contributed by atoms with van der Waals surface area (Å²) >= 11 is 0. The molecule has 1 aromatic carbocycles. The SMILES string of the molecule is CCCC(C)NC(=O)C1N(CCCO)C(=O)[C@@H]2[C@H](C(=O)Nc3ccc(OCC)cc3)[C@]3(C)CCC12O3. The third-order valence-corrected chi connectivity index (χ3v) is 7.91. The zero-order valence-corrected chi connectivity index (χ0v) is 21.7. The summed E-state index contributed by atoms with van der Waals surface area (Å²) in [5.74, 6) is -1.56. The van der Waals surface area contributed by atoms with E-state index in [1.54, 1.807) is 24.3 Å². The third-order valence-electron chi connectivity index (χ3n) is 7.91. The number of nitrogens with one attached hydrogen (secondary N) is 2. The van der Waals surface area contributed by atoms with Crippen LogP contribution in [0, 0.1) is 11.8 Å². The van der Waals surface area contributed by atoms with Crippen molar-refractivity contribution in [3.63, 3.8) is 0 Å². The highest BCUT2D eigenvalue weighted by Gasteiger charge is 2.77. The van der Waals surface area contributed by atoms with Crippen molar-refractivity contribution < 1.29 is 29.0 Å². The Balaban J connectivity index is 1.62. The molecule has 3 saturated heterocycles. The summed E-state index contributed by atoms with van der Waals surface area (Å²) in [6.07, 6.45) is 3.21. The van der Waals surface area contributed by atoms with E-state index >= 15 is 0 Å². The van der Waals surface area contributed by atoms with E-state index in [4.69, 9.17) is 9.47 Å². The van der Waals surface area contributed by atoms with E-state index in [0.29, 0.717) is 37.3 Å². The molecule has 0 aromatic heterocycles. The molecule has 3 N–H and O–H groups in total. The molecule has 6 atom stereocenters. The van der Waals surface area contributed by atoms with Gasteiger partial charge in [0.15, 0.2) is 0 Å². The molecule has 1 spiro atoms. The third kappa shape index (κ3) is 4.47. The summed E-state index contributed by atoms with van der Waals surface area (Å²) in [6.45, 7) is 8.48. The highest BCUT2D eigenvalue weighted by Crippen LogP contribution is 2.63. The Bertz CT molecular complexity index is 984. The van der Waals surface area contributed by atoms with Crippen molar-refractivity contribution in [1.29, 1.82) is 0 Å². The smallest absolute Gasteiger partial charge is 0.246 e. The van der Waals surface area contributed by atoms with Crippen LogP contribution in [0.4, 0.5) is 5.69 Å². The first-order chi connectivity index (χ1) is 17.2. The Morgan fingerprint density at radius 3 is 2.58 bits per heavy atom. The number of benzene rings is 1. The predicted octanol–water partition coefficient (Wildman–Crippen LogP) is 2.48. The number of carbonyl (C=O) groups excluding carboxylic acids is 3. The van der Waals surface area contributed by atoms with Gasteiger partial charge in [0.05, 0.1) is 24.0 Å². The van der Waals surface area contributed by atoms with Gasteiger partial charge in [-0.25, -0.2) is 0 Å². The van der Waals surface area contributed by atoms with E-state index in [1.165, 1.54) is 4.90 Å². The lowest BCUT2D eigenvalue weighted by Crippen LogP contribution is -2.56. The maximum Gasteiger partial charge on any atom is 0.246 e. The van der Waals surface area contributed by atoms with Crippen molar-refractivity contribution in [2.75, 3.05) is 25.1 Å². The number of rotatable bonds is 11. The summed E-state index contributed by atoms with van der Waals surface area (Å²) in [6, 6.07) is 6.24. The highest BCUT2D eigenvalue weighted by atomic mass is 16.5. The van der Waals surface area contributed by atoms with Crippen molar-refractivity contribution in [3.05, 3.63) is 24.3 Å². The Morgan fingerprint density at radius 1 is 1.22 bits per heavy atom. The molecule has 3 amide bonds. The fourth-order valence-corrected chi connectivity index (χ4v) is 6.46. The topological polar surface area (TPSA) is 117 Å². The van der Waals surface area contributed by atoms with Crippen LogP contribution < -0.4 is 15.4 Å². The van der Waals surface area contributed by atoms with Gasteiger partial charge in [0.2, 0.25) is 17.7 Å². The van der Waals surface area contributed by atoms with Gasteiger partial charge in [-0.05, 0) is 70.7 Å². The fourth-order valence-electron chi connectivity index (χ4n) is 6.46. The molecule has 9 heteroatoms. The van der Waals surface area contributed by atoms with Crippen LogP contribution in [0.2, 0.25) is 0 Å². The number of aliphatic hydroxyl groups excluding tert-OH is 1. The summed E-state index contributed by atoms with van der Waals surface area (Å²) in [5, 5.41) is 15.5. The lowest BCUT2D eigenvalue weighted by molar-refractivity contribution is -0.145. The number of anilines is 1. The minimum absolute atomic E-state index is 0.0410. The van der Waals surface area contributed by atoms with Crippen LogP contribution >= 0.6 is 0 Å². The zero-order chi connectivity index (χ0) is 26.1. The molecule has 0 aliphatic carbocycles. The van der Waals surface area contributed by atoms with E-state index in [2.05, 4.69) is 17.6 Å². The number of nitrogens with zero attached hydrogens (tertiary/aromatic N) is 1. The van der Waals surface area contributed by atoms with Gasteiger partial charge >= 0.3 is 0 Å². The average Bonchev–Trinajstić information content (AvgIpc) is 3.40. The highest BCUT2D eigenvalue weighted by molar-refractivity contribution is 6.02. The lowest BCUT2D eigenvalue weighted by atomic mass is 9.66. The number of hydrogen-bond acceptors (Lipinski definition) is 6. The van der Waals surface area contributed by atoms with Crippen LogP contribution in [-0.2, 0) is 19.1 Å². The Hall–Kier alpha value is -2.65. The second-order valence-corrected chi connectivity index (χ2v) is 10.5. The van der Waals surface area contributed by atoms with Gasteiger partial charge in [0.25, 0.3) is 0 Å². The van der Waals surface area contributed by atoms with Crippen molar-refractivity contribution in [2.45, 2.75) is 83.1 Å². The Labute approximate surface area is 212 Å². The van der Waals surface area contributed by atoms with Crippen LogP contribution in [0.25, 0.3) is 0 Å². The lowest BCUT2D eigenvalue weighted by Gasteiger charge is -2.34. The van der Waals surface area contributed by atoms with Gasteiger partial charge in [-0.15, -0.1) is 0 Å². The number of ether oxygens (including phenoxy) is 2. The quantitative estimate of drug-likeness (QED) is 0.429. The molecule has 1 aromatic rings. The summed E-state index contributed by atoms with van der Waals surface area (Å²) in [5.41, 5.74) is -1.29. The molecule has 3 unspecified atom stereocenters. The largest absolute Gasteiger partial charge is 0.494 e. The molecule has 3 aliphatic heterocycles. The standard InChI is InChI=1S/C27H39N3O6/c1-5-8-17(3)28-24(33)22-27-14-13-26(4,36-27)20(21(27)25(34)30(22)15-7-16-31)23(32)29-18-9-11-19(12-10-18)35-6-2/h9-12,17,20-22,31H,5-8,13-16H2,1-4H3,(H,28,33)(H,29,32)/t17?,20-,21+,22?,26+,27?/m1/s1. The maximum absolute atomic E-state index is 13.8. The first-order valence-electron chi connectivity index (χ1n) is 13.2. The molecule has 3 fully saturated rings. The molecular weight excluding hydrogens is 462 g/mol. The van der Waals surface area contributed by atoms with Crippen LogP contribution in [0.1, 0.15) is 59.8 Å². The minimum atomic E-state index is -1.06. The summed E-state index contributed by atoms with van der Waals surface area (Å²) in [7, 11) is 0. The van der Waals surface area contributed by atoms with E-state index < -0.39 is 29.1 Å². The van der Waals surface area contributed by atoms with Crippen molar-refractivity contribution in [3.8, 4) is 5.75 Å². The zero-order valence-electron chi connectivity index (χ0n) is 21.7. The van der Waals surface area contributed by atoms with Gasteiger partial charge in [-0.3, -0.25) is 14.4 Å². The summed E-state index contributed by atoms with van der Waals surface area (Å²) < 4.78 is 12.1. The van der Waals surface area contributed by atoms with Crippen LogP contribution in [-0.4, -0.2) is 70.8 Å². The normalized spacial score (nSPS) is 31.3. The van der Waals surface area contributed by atoms with Gasteiger partial charge in [0.1, 0.15) is 17.4 Å². The van der Waals surface area contributed by atoms with E-state index in [-0.39, 0.29) is 36.9 Å². The molecule has 3 heterocycles. The molecule has 36 heavy (non-hydrogen) atoms. The molecule has 2 bridgehead atoms. The summed E-state index contributed by atoms with van der Waals surface area (Å²) in [4.78, 5) is 42.6. The van der Waals surface area contributed by atoms with E-state index in [0.717, 1.165) is 12.8 Å². The van der Waals surface area contributed by atoms with Crippen LogP contribution in [0.15, 0.2) is 24.3 Å². The monoisotopic (exact) mass is 501 g/mol. The Kier molecular flexibility index (Phi) is 7.61. The van der Waals surface area contributed by atoms with Crippen molar-refractivity contribution >= 4 is 23.4 Å². The molecular formula is C27H39N3O6. The van der Waals surface area contributed by atoms with Crippen LogP contribution in [0.5, 0.6) is 5.75 Å². The predicted molar refractivity (Wildman–Crippen MR) is 134 cm³/mol. The van der Waals surface area contributed by atoms with Gasteiger partial charge in [-0.1, -0.05) is 13.3 Å². The van der Waals surface area contributed by atoms with Crippen molar-refractivity contribution in [1.82, 2.24) is 10.2 Å². The first-order valence-corrected chi connectivity index (χ1v) is 13.2. The average molecular weight is 502 g/mol. The second-order valence-electron chi connectivity index (χ2n) is 10.5. The van der Waals surface area contributed by atoms with Gasteiger partial charge < -0.3 is 30.1 Å². The van der Waals surface area contributed by atoms with Crippen LogP contribution in [0.3, 0.4) is 0 Å². The molecule has 198 valence electrons. The van der Waals surface area contributed by atoms with Crippen molar-refractivity contribution in [2.24, 2.45) is 11.8 Å². The fraction of sp³-hybridized carbons (Fsp3) is 0.667. The number of aliphatic hydroxyl groups is 1. The number of carbonyl (C=O) groups is 3. The van der Waals surface area contributed by atoms with E-state index in [1.807, 2.05) is 20.8 Å². The maximum atomic E-state index is 13.8. The van der Waals surface area contributed by atoms with Gasteiger partial charge in [-0.2, -0.15) is 0 Å². The number of hydrogen-bond donors (Lipinski definition) is 3. The van der Waals surface area contributed by atoms with E-state index in [9.17, 15) is 19.5 Å². The number of amides is 3. The number of fused-ring (bicyclic) bond motifs is 1. The van der Waals surface area contributed by atoms with Gasteiger partial charge in [0, 0.05) is 24.9 Å².